The van der Waals surface area contributed by atoms with E-state index >= 15 is 0 Å². The van der Waals surface area contributed by atoms with Crippen molar-refractivity contribution in [3.8, 4) is 0 Å². The zero-order valence-electron chi connectivity index (χ0n) is 24.1. The number of hydrogen-bond acceptors (Lipinski definition) is 5. The van der Waals surface area contributed by atoms with Gasteiger partial charge in [0.2, 0.25) is 21.7 Å². The lowest BCUT2D eigenvalue weighted by Gasteiger charge is -2.27. The molecule has 1 aliphatic rings. The molecule has 1 saturated carbocycles. The number of hydrogen-bond donors (Lipinski definition) is 0. The molecule has 0 spiro atoms. The molecule has 0 atom stereocenters. The van der Waals surface area contributed by atoms with E-state index in [2.05, 4.69) is 0 Å². The Labute approximate surface area is 252 Å². The molecule has 0 aromatic heterocycles. The van der Waals surface area contributed by atoms with Crippen LogP contribution in [0.4, 0.5) is 27.6 Å². The second-order valence-electron chi connectivity index (χ2n) is 10.5. The van der Waals surface area contributed by atoms with Gasteiger partial charge in [0, 0.05) is 12.7 Å². The summed E-state index contributed by atoms with van der Waals surface area (Å²) in [6.45, 7) is 0.718. The van der Waals surface area contributed by atoms with Crippen LogP contribution in [0, 0.1) is 29.1 Å². The molecule has 13 heteroatoms. The second kappa shape index (κ2) is 13.9. The summed E-state index contributed by atoms with van der Waals surface area (Å²) < 4.78 is 101. The highest BCUT2D eigenvalue weighted by Gasteiger charge is 2.37. The summed E-state index contributed by atoms with van der Waals surface area (Å²) in [6, 6.07) is 13.3. The molecule has 236 valence electrons. The number of ether oxygens (including phenoxy) is 1. The van der Waals surface area contributed by atoms with Crippen LogP contribution >= 0.6 is 0 Å². The Bertz CT molecular complexity index is 1600. The van der Waals surface area contributed by atoms with Gasteiger partial charge >= 0.3 is 5.97 Å². The quantitative estimate of drug-likeness (QED) is 0.110. The first-order valence-electron chi connectivity index (χ1n) is 14.0. The molecular weight excluding hydrogens is 607 g/mol. The maximum Gasteiger partial charge on any atom is 0.338 e. The fourth-order valence-electron chi connectivity index (χ4n) is 5.16. The second-order valence-corrected chi connectivity index (χ2v) is 12.5. The van der Waals surface area contributed by atoms with E-state index in [1.807, 2.05) is 24.3 Å². The van der Waals surface area contributed by atoms with Gasteiger partial charge in [0.25, 0.3) is 0 Å². The average molecular weight is 639 g/mol. The van der Waals surface area contributed by atoms with E-state index in [1.54, 1.807) is 6.92 Å². The van der Waals surface area contributed by atoms with Gasteiger partial charge in [-0.05, 0) is 61.1 Å². The molecule has 1 aliphatic carbocycles. The molecule has 0 bridgehead atoms. The molecule has 0 N–H and O–H groups in total. The fraction of sp³-hybridized carbons (Fsp3) is 0.355. The Balaban J connectivity index is 1.63. The van der Waals surface area contributed by atoms with Crippen LogP contribution in [0.5, 0.6) is 0 Å². The van der Waals surface area contributed by atoms with Crippen molar-refractivity contribution in [1.82, 2.24) is 4.31 Å². The Morgan fingerprint density at radius 2 is 1.36 bits per heavy atom. The van der Waals surface area contributed by atoms with E-state index < -0.39 is 62.4 Å². The highest BCUT2D eigenvalue weighted by molar-refractivity contribution is 7.89. The smallest absolute Gasteiger partial charge is 0.338 e. The van der Waals surface area contributed by atoms with Gasteiger partial charge in [-0.3, -0.25) is 4.79 Å². The highest BCUT2D eigenvalue weighted by atomic mass is 32.2. The number of amides is 1. The first kappa shape index (κ1) is 33.1. The maximum absolute atomic E-state index is 14.4. The Morgan fingerprint density at radius 1 is 0.818 bits per heavy atom. The Kier molecular flexibility index (Phi) is 10.4. The summed E-state index contributed by atoms with van der Waals surface area (Å²) in [5, 5.41) is 0. The van der Waals surface area contributed by atoms with E-state index in [0.717, 1.165) is 32.7 Å². The lowest BCUT2D eigenvalue weighted by Crippen LogP contribution is -2.41. The fourth-order valence-corrected chi connectivity index (χ4v) is 6.38. The number of benzene rings is 3. The molecule has 4 rings (SSSR count). The maximum atomic E-state index is 14.4. The summed E-state index contributed by atoms with van der Waals surface area (Å²) in [7, 11) is -4.58. The molecule has 1 amide bonds. The van der Waals surface area contributed by atoms with Crippen molar-refractivity contribution in [1.29, 1.82) is 0 Å². The van der Waals surface area contributed by atoms with E-state index in [9.17, 15) is 40.0 Å². The number of likely N-dealkylation sites (N-methyl/N-ethyl adjacent to an activating group) is 1. The summed E-state index contributed by atoms with van der Waals surface area (Å²) in [4.78, 5) is 24.8. The highest BCUT2D eigenvalue weighted by Crippen LogP contribution is 2.33. The first-order valence-corrected chi connectivity index (χ1v) is 15.4. The third-order valence-corrected chi connectivity index (χ3v) is 9.41. The van der Waals surface area contributed by atoms with Crippen molar-refractivity contribution in [3.05, 3.63) is 94.3 Å². The molecule has 44 heavy (non-hydrogen) atoms. The van der Waals surface area contributed by atoms with Gasteiger partial charge in [0.15, 0.2) is 28.2 Å². The van der Waals surface area contributed by atoms with Gasteiger partial charge in [-0.2, -0.15) is 4.31 Å². The predicted octanol–water partition coefficient (Wildman–Crippen LogP) is 6.46. The van der Waals surface area contributed by atoms with Crippen LogP contribution < -0.4 is 4.90 Å². The third-order valence-electron chi connectivity index (χ3n) is 7.58. The van der Waals surface area contributed by atoms with Gasteiger partial charge < -0.3 is 9.64 Å². The number of carbonyl (C=O) groups excluding carboxylic acids is 2. The van der Waals surface area contributed by atoms with Crippen molar-refractivity contribution in [2.45, 2.75) is 56.4 Å². The lowest BCUT2D eigenvalue weighted by molar-refractivity contribution is -0.118. The molecule has 7 nitrogen and oxygen atoms in total. The van der Waals surface area contributed by atoms with Crippen LogP contribution in [0.1, 0.15) is 66.4 Å². The minimum atomic E-state index is -5.36. The van der Waals surface area contributed by atoms with Crippen LogP contribution in [0.3, 0.4) is 0 Å². The van der Waals surface area contributed by atoms with Gasteiger partial charge in [0.1, 0.15) is 0 Å². The Hall–Kier alpha value is -3.84. The third kappa shape index (κ3) is 6.94. The van der Waals surface area contributed by atoms with Crippen LogP contribution in [0.2, 0.25) is 0 Å². The number of esters is 1. The minimum absolute atomic E-state index is 0.0566. The average Bonchev–Trinajstić information content (AvgIpc) is 3.02. The standard InChI is InChI=1S/C31H31F5N2O5S/c1-3-43-31(40)22-13-15-23(16-14-22)38(17-19-9-11-21(12-10-19)20-7-5-4-6-8-20)24(39)18-37(2)44(41,42)30-28(35)26(33)25(32)27(34)29(30)36/h9-16,20H,3-8,17-18H2,1-2H3. The summed E-state index contributed by atoms with van der Waals surface area (Å²) in [5.74, 6) is -13.5. The monoisotopic (exact) mass is 638 g/mol. The van der Waals surface area contributed by atoms with Gasteiger partial charge in [0.05, 0.1) is 25.3 Å². The molecule has 0 heterocycles. The van der Waals surface area contributed by atoms with E-state index in [-0.39, 0.29) is 28.7 Å². The molecular formula is C31H31F5N2O5S. The van der Waals surface area contributed by atoms with Gasteiger partial charge in [-0.25, -0.2) is 35.2 Å². The molecule has 0 saturated heterocycles. The molecule has 1 fully saturated rings. The number of sulfonamides is 1. The van der Waals surface area contributed by atoms with E-state index in [1.165, 1.54) is 41.1 Å². The minimum Gasteiger partial charge on any atom is -0.462 e. The van der Waals surface area contributed by atoms with Crippen molar-refractivity contribution < 1.29 is 44.7 Å². The molecule has 0 aliphatic heterocycles. The molecule has 3 aromatic carbocycles. The lowest BCUT2D eigenvalue weighted by atomic mass is 9.84. The number of carbonyl (C=O) groups is 2. The normalized spacial score (nSPS) is 14.1. The molecule has 0 unspecified atom stereocenters. The van der Waals surface area contributed by atoms with Gasteiger partial charge in [-0.1, -0.05) is 43.5 Å². The van der Waals surface area contributed by atoms with E-state index in [4.69, 9.17) is 4.74 Å². The number of halogens is 5. The topological polar surface area (TPSA) is 84.0 Å². The van der Waals surface area contributed by atoms with Crippen molar-refractivity contribution in [2.24, 2.45) is 0 Å². The van der Waals surface area contributed by atoms with Crippen LogP contribution in [-0.4, -0.2) is 44.8 Å². The predicted molar refractivity (Wildman–Crippen MR) is 152 cm³/mol. The number of rotatable bonds is 10. The van der Waals surface area contributed by atoms with Crippen LogP contribution in [-0.2, 0) is 26.1 Å². The summed E-state index contributed by atoms with van der Waals surface area (Å²) >= 11 is 0. The Morgan fingerprint density at radius 3 is 1.91 bits per heavy atom. The van der Waals surface area contributed by atoms with Crippen molar-refractivity contribution >= 4 is 27.6 Å². The van der Waals surface area contributed by atoms with E-state index in [0.29, 0.717) is 11.5 Å². The van der Waals surface area contributed by atoms with Crippen LogP contribution in [0.25, 0.3) is 0 Å². The largest absolute Gasteiger partial charge is 0.462 e. The summed E-state index contributed by atoms with van der Waals surface area (Å²) in [6.07, 6.45) is 5.67. The van der Waals surface area contributed by atoms with Crippen molar-refractivity contribution in [2.75, 3.05) is 25.1 Å². The zero-order valence-corrected chi connectivity index (χ0v) is 24.9. The number of anilines is 1. The van der Waals surface area contributed by atoms with Crippen LogP contribution in [0.15, 0.2) is 53.4 Å². The first-order chi connectivity index (χ1) is 20.9. The van der Waals surface area contributed by atoms with Gasteiger partial charge in [-0.15, -0.1) is 0 Å². The molecule has 3 aromatic rings. The zero-order chi connectivity index (χ0) is 32.2. The SMILES string of the molecule is CCOC(=O)c1ccc(N(Cc2ccc(C3CCCCC3)cc2)C(=O)CN(C)S(=O)(=O)c2c(F)c(F)c(F)c(F)c2F)cc1. The molecule has 0 radical (unpaired) electrons. The summed E-state index contributed by atoms with van der Waals surface area (Å²) in [5.41, 5.74) is 2.30. The van der Waals surface area contributed by atoms with Crippen molar-refractivity contribution in [3.63, 3.8) is 0 Å². The number of nitrogens with zero attached hydrogens (tertiary/aromatic N) is 2.